The van der Waals surface area contributed by atoms with E-state index in [9.17, 15) is 0 Å². The molecule has 1 atom stereocenters. The molecule has 0 saturated heterocycles. The highest BCUT2D eigenvalue weighted by Crippen LogP contribution is 2.33. The molecule has 20 heavy (non-hydrogen) atoms. The Labute approximate surface area is 126 Å². The number of nitrogens with one attached hydrogen (secondary N) is 1. The number of fused-ring (bicyclic) bond motifs is 1. The van der Waals surface area contributed by atoms with Gasteiger partial charge in [-0.15, -0.1) is 0 Å². The largest absolute Gasteiger partial charge is 0.452 e. The SMILES string of the molecule is CNC(c1ccc(Br)o1)c1c(C)ccc2ccccc12. The predicted octanol–water partition coefficient (Wildman–Crippen LogP) is 4.81. The Morgan fingerprint density at radius 3 is 2.55 bits per heavy atom. The third-order valence-electron chi connectivity index (χ3n) is 3.64. The lowest BCUT2D eigenvalue weighted by molar-refractivity contribution is 0.447. The first kappa shape index (κ1) is 13.4. The van der Waals surface area contributed by atoms with E-state index in [-0.39, 0.29) is 6.04 Å². The molecule has 3 rings (SSSR count). The van der Waals surface area contributed by atoms with Gasteiger partial charge in [0.2, 0.25) is 0 Å². The standard InChI is InChI=1S/C17H16BrNO/c1-11-7-8-12-5-3-4-6-13(12)16(11)17(19-2)14-9-10-15(18)20-14/h3-10,17,19H,1-2H3. The Morgan fingerprint density at radius 2 is 1.85 bits per heavy atom. The van der Waals surface area contributed by atoms with Crippen molar-refractivity contribution in [1.29, 1.82) is 0 Å². The van der Waals surface area contributed by atoms with Crippen molar-refractivity contribution in [2.75, 3.05) is 7.05 Å². The molecule has 0 bridgehead atoms. The molecule has 0 spiro atoms. The second-order valence-corrected chi connectivity index (χ2v) is 5.66. The van der Waals surface area contributed by atoms with Crippen molar-refractivity contribution in [2.24, 2.45) is 0 Å². The first-order valence-electron chi connectivity index (χ1n) is 6.61. The number of aryl methyl sites for hydroxylation is 1. The highest BCUT2D eigenvalue weighted by atomic mass is 79.9. The number of halogens is 1. The van der Waals surface area contributed by atoms with E-state index in [1.807, 2.05) is 19.2 Å². The lowest BCUT2D eigenvalue weighted by Gasteiger charge is -2.19. The molecule has 0 fully saturated rings. The second-order valence-electron chi connectivity index (χ2n) is 4.88. The normalized spacial score (nSPS) is 12.8. The summed E-state index contributed by atoms with van der Waals surface area (Å²) in [4.78, 5) is 0. The van der Waals surface area contributed by atoms with Crippen LogP contribution in [-0.2, 0) is 0 Å². The number of benzene rings is 2. The highest BCUT2D eigenvalue weighted by molar-refractivity contribution is 9.10. The van der Waals surface area contributed by atoms with Gasteiger partial charge in [0, 0.05) is 0 Å². The van der Waals surface area contributed by atoms with Crippen LogP contribution in [0.4, 0.5) is 0 Å². The highest BCUT2D eigenvalue weighted by Gasteiger charge is 2.20. The summed E-state index contributed by atoms with van der Waals surface area (Å²) < 4.78 is 6.50. The minimum atomic E-state index is 0.0485. The third kappa shape index (κ3) is 2.28. The van der Waals surface area contributed by atoms with Gasteiger partial charge in [-0.25, -0.2) is 0 Å². The molecule has 2 nitrogen and oxygen atoms in total. The maximum Gasteiger partial charge on any atom is 0.169 e. The third-order valence-corrected chi connectivity index (χ3v) is 4.07. The van der Waals surface area contributed by atoms with Crippen LogP contribution in [0, 0.1) is 6.92 Å². The van der Waals surface area contributed by atoms with Gasteiger partial charge in [0.1, 0.15) is 5.76 Å². The van der Waals surface area contributed by atoms with Gasteiger partial charge in [0.15, 0.2) is 4.67 Å². The minimum absolute atomic E-state index is 0.0485. The molecule has 1 unspecified atom stereocenters. The zero-order valence-corrected chi connectivity index (χ0v) is 13.1. The van der Waals surface area contributed by atoms with Crippen LogP contribution in [0.15, 0.2) is 57.6 Å². The number of rotatable bonds is 3. The van der Waals surface area contributed by atoms with Crippen molar-refractivity contribution in [3.63, 3.8) is 0 Å². The van der Waals surface area contributed by atoms with Crippen LogP contribution in [0.1, 0.15) is 22.9 Å². The second kappa shape index (κ2) is 5.43. The predicted molar refractivity (Wildman–Crippen MR) is 86.0 cm³/mol. The van der Waals surface area contributed by atoms with Gasteiger partial charge in [-0.05, 0) is 63.9 Å². The smallest absolute Gasteiger partial charge is 0.169 e. The summed E-state index contributed by atoms with van der Waals surface area (Å²) in [5.41, 5.74) is 2.53. The summed E-state index contributed by atoms with van der Waals surface area (Å²) in [5, 5.41) is 5.88. The fourth-order valence-corrected chi connectivity index (χ4v) is 3.02. The van der Waals surface area contributed by atoms with Crippen molar-refractivity contribution in [3.8, 4) is 0 Å². The molecule has 0 aliphatic heterocycles. The quantitative estimate of drug-likeness (QED) is 0.745. The van der Waals surface area contributed by atoms with Crippen LogP contribution < -0.4 is 5.32 Å². The zero-order valence-electron chi connectivity index (χ0n) is 11.5. The maximum absolute atomic E-state index is 5.75. The van der Waals surface area contributed by atoms with Gasteiger partial charge < -0.3 is 9.73 Å². The van der Waals surface area contributed by atoms with Gasteiger partial charge >= 0.3 is 0 Å². The lowest BCUT2D eigenvalue weighted by Crippen LogP contribution is -2.18. The molecule has 3 heteroatoms. The van der Waals surface area contributed by atoms with E-state index >= 15 is 0 Å². The van der Waals surface area contributed by atoms with E-state index in [1.54, 1.807) is 0 Å². The van der Waals surface area contributed by atoms with Gasteiger partial charge in [-0.3, -0.25) is 0 Å². The van der Waals surface area contributed by atoms with Crippen molar-refractivity contribution >= 4 is 26.7 Å². The Kier molecular flexibility index (Phi) is 3.64. The Morgan fingerprint density at radius 1 is 1.05 bits per heavy atom. The van der Waals surface area contributed by atoms with Crippen LogP contribution in [0.25, 0.3) is 10.8 Å². The molecule has 0 amide bonds. The van der Waals surface area contributed by atoms with Gasteiger partial charge in [0.25, 0.3) is 0 Å². The van der Waals surface area contributed by atoms with Crippen LogP contribution in [0.5, 0.6) is 0 Å². The average Bonchev–Trinajstić information content (AvgIpc) is 2.88. The first-order valence-corrected chi connectivity index (χ1v) is 7.40. The molecule has 1 heterocycles. The van der Waals surface area contributed by atoms with E-state index in [4.69, 9.17) is 4.42 Å². The summed E-state index contributed by atoms with van der Waals surface area (Å²) in [7, 11) is 1.96. The summed E-state index contributed by atoms with van der Waals surface area (Å²) in [5.74, 6) is 0.916. The van der Waals surface area contributed by atoms with E-state index in [1.165, 1.54) is 21.9 Å². The molecule has 1 N–H and O–H groups in total. The van der Waals surface area contributed by atoms with Crippen molar-refractivity contribution in [2.45, 2.75) is 13.0 Å². The topological polar surface area (TPSA) is 25.2 Å². The number of hydrogen-bond acceptors (Lipinski definition) is 2. The van der Waals surface area contributed by atoms with Crippen molar-refractivity contribution in [3.05, 3.63) is 70.1 Å². The van der Waals surface area contributed by atoms with E-state index in [0.717, 1.165) is 10.4 Å². The Hall–Kier alpha value is -1.58. The summed E-state index contributed by atoms with van der Waals surface area (Å²) in [6, 6.07) is 16.8. The van der Waals surface area contributed by atoms with Crippen LogP contribution in [0.3, 0.4) is 0 Å². The van der Waals surface area contributed by atoms with E-state index < -0.39 is 0 Å². The molecular formula is C17H16BrNO. The summed E-state index contributed by atoms with van der Waals surface area (Å²) in [6.45, 7) is 2.14. The van der Waals surface area contributed by atoms with E-state index in [0.29, 0.717) is 0 Å². The molecule has 0 saturated carbocycles. The molecule has 2 aromatic carbocycles. The van der Waals surface area contributed by atoms with Crippen LogP contribution >= 0.6 is 15.9 Å². The molecular weight excluding hydrogens is 314 g/mol. The first-order chi connectivity index (χ1) is 9.70. The lowest BCUT2D eigenvalue weighted by atomic mass is 9.93. The minimum Gasteiger partial charge on any atom is -0.452 e. The molecule has 0 aliphatic rings. The van der Waals surface area contributed by atoms with Gasteiger partial charge in [-0.2, -0.15) is 0 Å². The number of hydrogen-bond donors (Lipinski definition) is 1. The van der Waals surface area contributed by atoms with Gasteiger partial charge in [-0.1, -0.05) is 36.4 Å². The van der Waals surface area contributed by atoms with Gasteiger partial charge in [0.05, 0.1) is 6.04 Å². The Bertz CT molecular complexity index is 748. The molecule has 0 radical (unpaired) electrons. The Balaban J connectivity index is 2.23. The molecule has 3 aromatic rings. The zero-order chi connectivity index (χ0) is 14.1. The monoisotopic (exact) mass is 329 g/mol. The maximum atomic E-state index is 5.75. The van der Waals surface area contributed by atoms with Crippen LogP contribution in [0.2, 0.25) is 0 Å². The van der Waals surface area contributed by atoms with E-state index in [2.05, 4.69) is 64.6 Å². The molecule has 102 valence electrons. The summed E-state index contributed by atoms with van der Waals surface area (Å²) >= 11 is 3.38. The van der Waals surface area contributed by atoms with Crippen molar-refractivity contribution < 1.29 is 4.42 Å². The molecule has 1 aromatic heterocycles. The average molecular weight is 330 g/mol. The fourth-order valence-electron chi connectivity index (χ4n) is 2.70. The summed E-state index contributed by atoms with van der Waals surface area (Å²) in [6.07, 6.45) is 0. The number of furan rings is 1. The molecule has 0 aliphatic carbocycles. The fraction of sp³-hybridized carbons (Fsp3) is 0.176. The van der Waals surface area contributed by atoms with Crippen molar-refractivity contribution in [1.82, 2.24) is 5.32 Å². The van der Waals surface area contributed by atoms with Crippen LogP contribution in [-0.4, -0.2) is 7.05 Å².